The molecule has 4 heterocycles. The molecule has 2 unspecified atom stereocenters. The number of anilines is 1. The summed E-state index contributed by atoms with van der Waals surface area (Å²) in [4.78, 5) is 37.9. The second-order valence-electron chi connectivity index (χ2n) is 13.6. The van der Waals surface area contributed by atoms with Crippen LogP contribution >= 0.6 is 0 Å². The van der Waals surface area contributed by atoms with Crippen molar-refractivity contribution < 1.29 is 9.59 Å². The summed E-state index contributed by atoms with van der Waals surface area (Å²) in [5.74, 6) is 1.75. The van der Waals surface area contributed by atoms with Crippen LogP contribution in [-0.4, -0.2) is 69.0 Å². The number of urea groups is 1. The molecule has 8 nitrogen and oxygen atoms in total. The van der Waals surface area contributed by atoms with Gasteiger partial charge >= 0.3 is 6.03 Å². The number of rotatable bonds is 8. The normalized spacial score (nSPS) is 26.2. The summed E-state index contributed by atoms with van der Waals surface area (Å²) < 4.78 is 2.56. The Bertz CT molecular complexity index is 1250. The molecule has 226 valence electrons. The van der Waals surface area contributed by atoms with Gasteiger partial charge < -0.3 is 14.8 Å². The number of benzene rings is 1. The quantitative estimate of drug-likeness (QED) is 0.447. The molecule has 7 rings (SSSR count). The van der Waals surface area contributed by atoms with E-state index in [-0.39, 0.29) is 11.9 Å². The van der Waals surface area contributed by atoms with E-state index in [1.54, 1.807) is 0 Å². The lowest BCUT2D eigenvalue weighted by atomic mass is 9.95. The molecule has 3 amide bonds. The Morgan fingerprint density at radius 1 is 0.952 bits per heavy atom. The Kier molecular flexibility index (Phi) is 7.99. The van der Waals surface area contributed by atoms with Crippen LogP contribution in [-0.2, 0) is 17.8 Å². The summed E-state index contributed by atoms with van der Waals surface area (Å²) >= 11 is 0. The van der Waals surface area contributed by atoms with Crippen LogP contribution in [0, 0.1) is 12.8 Å². The zero-order valence-corrected chi connectivity index (χ0v) is 25.3. The number of nitrogens with one attached hydrogen (secondary N) is 1. The molecule has 4 fully saturated rings. The molecule has 2 bridgehead atoms. The van der Waals surface area contributed by atoms with Crippen LogP contribution in [0.1, 0.15) is 100 Å². The Labute approximate surface area is 250 Å². The minimum Gasteiger partial charge on any atom is -0.336 e. The lowest BCUT2D eigenvalue weighted by Crippen LogP contribution is -2.48. The summed E-state index contributed by atoms with van der Waals surface area (Å²) in [6, 6.07) is 12.3. The number of aryl methyl sites for hydroxylation is 1. The van der Waals surface area contributed by atoms with Crippen LogP contribution in [0.3, 0.4) is 0 Å². The topological polar surface area (TPSA) is 73.7 Å². The minimum atomic E-state index is 0.0625. The molecule has 8 heteroatoms. The molecule has 2 saturated heterocycles. The van der Waals surface area contributed by atoms with Gasteiger partial charge in [0, 0.05) is 67.5 Å². The smallest absolute Gasteiger partial charge is 0.322 e. The summed E-state index contributed by atoms with van der Waals surface area (Å²) in [7, 11) is 0. The highest BCUT2D eigenvalue weighted by Crippen LogP contribution is 2.43. The molecular formula is C34H48N6O2. The zero-order chi connectivity index (χ0) is 28.6. The summed E-state index contributed by atoms with van der Waals surface area (Å²) in [5.41, 5.74) is 3.51. The standard InChI is InChI=1S/C34H48N6O2/c1-24-35-31-23-37(33(41)25-13-14-25)20-17-32(31)40(24)30-21-28-15-16-29(22-30)38(28)18-8-19-39(27-11-6-3-7-12-27)34(42)36-26-9-4-2-5-10-26/h3,6-7,11-12,25-26,28-30H,2,4-5,8-10,13-23H2,1H3,(H,36,42). The van der Waals surface area contributed by atoms with E-state index >= 15 is 0 Å². The highest BCUT2D eigenvalue weighted by Gasteiger charge is 2.43. The number of hydrogen-bond acceptors (Lipinski definition) is 4. The van der Waals surface area contributed by atoms with Crippen LogP contribution < -0.4 is 10.2 Å². The van der Waals surface area contributed by atoms with E-state index < -0.39 is 0 Å². The van der Waals surface area contributed by atoms with Gasteiger partial charge in [0.2, 0.25) is 5.91 Å². The van der Waals surface area contributed by atoms with Crippen molar-refractivity contribution in [2.75, 3.05) is 24.5 Å². The van der Waals surface area contributed by atoms with E-state index in [1.165, 1.54) is 50.6 Å². The number of fused-ring (bicyclic) bond motifs is 3. The number of piperidine rings is 1. The highest BCUT2D eigenvalue weighted by molar-refractivity contribution is 5.92. The Hall–Kier alpha value is -2.87. The molecule has 42 heavy (non-hydrogen) atoms. The molecule has 1 aromatic carbocycles. The summed E-state index contributed by atoms with van der Waals surface area (Å²) in [5, 5.41) is 3.35. The second kappa shape index (κ2) is 12.0. The van der Waals surface area contributed by atoms with Crippen LogP contribution in [0.5, 0.6) is 0 Å². The van der Waals surface area contributed by atoms with E-state index in [2.05, 4.69) is 38.7 Å². The van der Waals surface area contributed by atoms with Crippen molar-refractivity contribution in [1.29, 1.82) is 0 Å². The van der Waals surface area contributed by atoms with Crippen molar-refractivity contribution >= 4 is 17.6 Å². The number of amides is 3. The van der Waals surface area contributed by atoms with Gasteiger partial charge in [-0.15, -0.1) is 0 Å². The van der Waals surface area contributed by atoms with E-state index in [9.17, 15) is 9.59 Å². The van der Waals surface area contributed by atoms with Crippen molar-refractivity contribution in [3.05, 3.63) is 47.5 Å². The predicted octanol–water partition coefficient (Wildman–Crippen LogP) is 5.59. The molecule has 1 N–H and O–H groups in total. The maximum absolute atomic E-state index is 13.4. The molecule has 2 atom stereocenters. The molecule has 1 aromatic heterocycles. The number of carbonyl (C=O) groups excluding carboxylic acids is 2. The largest absolute Gasteiger partial charge is 0.336 e. The Balaban J connectivity index is 0.974. The van der Waals surface area contributed by atoms with Crippen molar-refractivity contribution in [3.63, 3.8) is 0 Å². The van der Waals surface area contributed by atoms with Crippen molar-refractivity contribution in [3.8, 4) is 0 Å². The fourth-order valence-corrected chi connectivity index (χ4v) is 8.49. The number of aromatic nitrogens is 2. The fraction of sp³-hybridized carbons (Fsp3) is 0.676. The van der Waals surface area contributed by atoms with Crippen molar-refractivity contribution in [2.45, 2.75) is 121 Å². The van der Waals surface area contributed by atoms with Crippen LogP contribution in [0.4, 0.5) is 10.5 Å². The number of hydrogen-bond donors (Lipinski definition) is 1. The molecule has 2 aromatic rings. The van der Waals surface area contributed by atoms with Gasteiger partial charge in [-0.2, -0.15) is 0 Å². The number of para-hydroxylation sites is 1. The zero-order valence-electron chi connectivity index (χ0n) is 25.3. The first-order valence-electron chi connectivity index (χ1n) is 16.8. The average Bonchev–Trinajstić information content (AvgIpc) is 3.76. The first-order chi connectivity index (χ1) is 20.5. The van der Waals surface area contributed by atoms with Gasteiger partial charge in [0.1, 0.15) is 5.82 Å². The van der Waals surface area contributed by atoms with Gasteiger partial charge in [-0.3, -0.25) is 14.6 Å². The molecule has 0 spiro atoms. The Morgan fingerprint density at radius 2 is 1.69 bits per heavy atom. The lowest BCUT2D eigenvalue weighted by molar-refractivity contribution is -0.133. The van der Waals surface area contributed by atoms with Gasteiger partial charge in [-0.1, -0.05) is 37.5 Å². The molecule has 2 saturated carbocycles. The highest BCUT2D eigenvalue weighted by atomic mass is 16.2. The van der Waals surface area contributed by atoms with Crippen molar-refractivity contribution in [1.82, 2.24) is 24.7 Å². The number of imidazole rings is 1. The molecule has 0 radical (unpaired) electrons. The van der Waals surface area contributed by atoms with Gasteiger partial charge in [-0.25, -0.2) is 9.78 Å². The van der Waals surface area contributed by atoms with E-state index in [4.69, 9.17) is 4.98 Å². The van der Waals surface area contributed by atoms with E-state index in [0.717, 1.165) is 75.4 Å². The average molecular weight is 573 g/mol. The van der Waals surface area contributed by atoms with Crippen LogP contribution in [0.25, 0.3) is 0 Å². The molecule has 2 aliphatic carbocycles. The number of carbonyl (C=O) groups is 2. The van der Waals surface area contributed by atoms with Gasteiger partial charge in [0.05, 0.1) is 12.2 Å². The van der Waals surface area contributed by atoms with E-state index in [1.807, 2.05) is 23.1 Å². The summed E-state index contributed by atoms with van der Waals surface area (Å²) in [6.07, 6.45) is 14.9. The third-order valence-corrected chi connectivity index (χ3v) is 10.7. The first kappa shape index (κ1) is 27.9. The summed E-state index contributed by atoms with van der Waals surface area (Å²) in [6.45, 7) is 5.48. The molecular weight excluding hydrogens is 524 g/mol. The monoisotopic (exact) mass is 572 g/mol. The third kappa shape index (κ3) is 5.71. The first-order valence-corrected chi connectivity index (χ1v) is 16.8. The van der Waals surface area contributed by atoms with Crippen LogP contribution in [0.15, 0.2) is 30.3 Å². The second-order valence-corrected chi connectivity index (χ2v) is 13.6. The fourth-order valence-electron chi connectivity index (χ4n) is 8.49. The van der Waals surface area contributed by atoms with Crippen molar-refractivity contribution in [2.24, 2.45) is 5.92 Å². The minimum absolute atomic E-state index is 0.0625. The lowest BCUT2D eigenvalue weighted by Gasteiger charge is -2.41. The SMILES string of the molecule is Cc1nc2c(n1C1CC3CCC(C1)N3CCCN(C(=O)NC1CCCCC1)c1ccccc1)CCN(C(=O)C1CC1)C2. The maximum Gasteiger partial charge on any atom is 0.322 e. The number of nitrogens with zero attached hydrogens (tertiary/aromatic N) is 5. The van der Waals surface area contributed by atoms with E-state index in [0.29, 0.717) is 36.6 Å². The predicted molar refractivity (Wildman–Crippen MR) is 164 cm³/mol. The van der Waals surface area contributed by atoms with Crippen LogP contribution in [0.2, 0.25) is 0 Å². The molecule has 5 aliphatic rings. The van der Waals surface area contributed by atoms with Gasteiger partial charge in [-0.05, 0) is 76.8 Å². The van der Waals surface area contributed by atoms with Gasteiger partial charge in [0.15, 0.2) is 0 Å². The third-order valence-electron chi connectivity index (χ3n) is 10.7. The van der Waals surface area contributed by atoms with Gasteiger partial charge in [0.25, 0.3) is 0 Å². The Morgan fingerprint density at radius 3 is 2.40 bits per heavy atom. The molecule has 3 aliphatic heterocycles. The maximum atomic E-state index is 13.4.